The fourth-order valence-electron chi connectivity index (χ4n) is 4.68. The van der Waals surface area contributed by atoms with Gasteiger partial charge in [-0.05, 0) is 49.4 Å². The summed E-state index contributed by atoms with van der Waals surface area (Å²) in [5.74, 6) is 6.51. The molecule has 3 heterocycles. The quantitative estimate of drug-likeness (QED) is 0.197. The van der Waals surface area contributed by atoms with Crippen LogP contribution in [0.5, 0.6) is 0 Å². The van der Waals surface area contributed by atoms with Gasteiger partial charge in [-0.25, -0.2) is 4.98 Å². The number of fused-ring (bicyclic) bond motifs is 1. The third kappa shape index (κ3) is 5.35. The molecule has 206 valence electrons. The van der Waals surface area contributed by atoms with Crippen LogP contribution in [0, 0.1) is 18.8 Å². The second-order valence-corrected chi connectivity index (χ2v) is 10.3. The smallest absolute Gasteiger partial charge is 0.264 e. The molecule has 0 saturated heterocycles. The van der Waals surface area contributed by atoms with E-state index in [9.17, 15) is 9.59 Å². The van der Waals surface area contributed by atoms with E-state index in [4.69, 9.17) is 5.73 Å². The number of nitrogens with zero attached hydrogens (tertiary/aromatic N) is 4. The highest BCUT2D eigenvalue weighted by Gasteiger charge is 2.25. The van der Waals surface area contributed by atoms with Crippen molar-refractivity contribution in [2.75, 3.05) is 17.6 Å². The maximum Gasteiger partial charge on any atom is 0.264 e. The van der Waals surface area contributed by atoms with E-state index in [2.05, 4.69) is 39.1 Å². The average Bonchev–Trinajstić information content (AvgIpc) is 3.50. The SMILES string of the molecule is C=CCNc1c(C(=O)NC(C)c2cc3cccc(C#Cc4scnc4C)c3c(=O)n2-c2ccccc2)c(N)nn1C. The number of nitrogens with two attached hydrogens (primary N) is 1. The molecule has 0 radical (unpaired) electrons. The lowest BCUT2D eigenvalue weighted by Gasteiger charge is -2.21. The standard InChI is InChI=1S/C31H29N7O2S/c1-5-16-33-29-27(28(32)36-37(29)4)30(39)35-19(2)24-17-22-11-9-10-21(14-15-25-20(3)34-18-41-25)26(22)31(40)38(24)23-12-7-6-8-13-23/h5-13,17-19,33H,1,16H2,2-4H3,(H2,32,36)(H,35,39). The van der Waals surface area contributed by atoms with Gasteiger partial charge in [0.1, 0.15) is 11.4 Å². The molecule has 5 rings (SSSR count). The summed E-state index contributed by atoms with van der Waals surface area (Å²) in [6.07, 6.45) is 1.68. The molecule has 4 N–H and O–H groups in total. The summed E-state index contributed by atoms with van der Waals surface area (Å²) in [7, 11) is 1.70. The number of carbonyl (C=O) groups is 1. The first kappa shape index (κ1) is 27.4. The zero-order valence-electron chi connectivity index (χ0n) is 22.9. The number of rotatable bonds is 7. The van der Waals surface area contributed by atoms with Crippen molar-refractivity contribution in [3.05, 3.63) is 111 Å². The zero-order valence-corrected chi connectivity index (χ0v) is 23.7. The van der Waals surface area contributed by atoms with Gasteiger partial charge in [0.15, 0.2) is 5.82 Å². The molecule has 41 heavy (non-hydrogen) atoms. The van der Waals surface area contributed by atoms with E-state index in [1.54, 1.807) is 23.2 Å². The van der Waals surface area contributed by atoms with Crippen molar-refractivity contribution in [1.29, 1.82) is 0 Å². The number of aromatic nitrogens is 4. The molecule has 1 amide bonds. The van der Waals surface area contributed by atoms with Gasteiger partial charge >= 0.3 is 0 Å². The molecule has 1 unspecified atom stereocenters. The Balaban J connectivity index is 1.62. The molecule has 0 spiro atoms. The van der Waals surface area contributed by atoms with E-state index in [-0.39, 0.29) is 16.9 Å². The molecule has 3 aromatic heterocycles. The molecule has 0 aliphatic carbocycles. The van der Waals surface area contributed by atoms with Crippen LogP contribution < -0.4 is 21.9 Å². The Hall–Kier alpha value is -5.14. The molecule has 1 atom stereocenters. The highest BCUT2D eigenvalue weighted by Crippen LogP contribution is 2.26. The first-order chi connectivity index (χ1) is 19.8. The monoisotopic (exact) mass is 563 g/mol. The minimum atomic E-state index is -0.568. The lowest BCUT2D eigenvalue weighted by molar-refractivity contribution is 0.0940. The van der Waals surface area contributed by atoms with E-state index in [0.29, 0.717) is 34.7 Å². The van der Waals surface area contributed by atoms with Crippen molar-refractivity contribution in [2.24, 2.45) is 7.05 Å². The average molecular weight is 564 g/mol. The Morgan fingerprint density at radius 2 is 1.98 bits per heavy atom. The number of benzene rings is 2. The number of pyridine rings is 1. The van der Waals surface area contributed by atoms with Gasteiger partial charge in [-0.1, -0.05) is 42.3 Å². The van der Waals surface area contributed by atoms with Crippen LogP contribution in [0.15, 0.2) is 77.6 Å². The van der Waals surface area contributed by atoms with Crippen LogP contribution in [-0.2, 0) is 7.05 Å². The highest BCUT2D eigenvalue weighted by atomic mass is 32.1. The van der Waals surface area contributed by atoms with Crippen molar-refractivity contribution in [2.45, 2.75) is 19.9 Å². The molecular formula is C31H29N7O2S. The number of nitrogens with one attached hydrogen (secondary N) is 2. The van der Waals surface area contributed by atoms with Crippen molar-refractivity contribution >= 4 is 39.7 Å². The minimum absolute atomic E-state index is 0.0992. The van der Waals surface area contributed by atoms with Crippen molar-refractivity contribution in [3.8, 4) is 17.5 Å². The normalized spacial score (nSPS) is 11.5. The largest absolute Gasteiger partial charge is 0.381 e. The number of carbonyl (C=O) groups excluding carboxylic acids is 1. The number of thiazole rings is 1. The van der Waals surface area contributed by atoms with Gasteiger partial charge in [0.25, 0.3) is 11.5 Å². The molecule has 0 saturated carbocycles. The Labute approximate surface area is 241 Å². The summed E-state index contributed by atoms with van der Waals surface area (Å²) < 4.78 is 3.14. The van der Waals surface area contributed by atoms with Crippen molar-refractivity contribution in [3.63, 3.8) is 0 Å². The lowest BCUT2D eigenvalue weighted by atomic mass is 10.0. The van der Waals surface area contributed by atoms with E-state index >= 15 is 0 Å². The molecule has 0 fully saturated rings. The summed E-state index contributed by atoms with van der Waals surface area (Å²) in [5, 5.41) is 11.6. The predicted molar refractivity (Wildman–Crippen MR) is 165 cm³/mol. The Morgan fingerprint density at radius 3 is 2.68 bits per heavy atom. The second-order valence-electron chi connectivity index (χ2n) is 9.43. The summed E-state index contributed by atoms with van der Waals surface area (Å²) >= 11 is 1.46. The van der Waals surface area contributed by atoms with Gasteiger partial charge in [-0.2, -0.15) is 5.10 Å². The fraction of sp³-hybridized carbons (Fsp3) is 0.161. The lowest BCUT2D eigenvalue weighted by Crippen LogP contribution is -2.32. The molecule has 0 aliphatic heterocycles. The van der Waals surface area contributed by atoms with E-state index in [0.717, 1.165) is 16.0 Å². The van der Waals surface area contributed by atoms with Crippen LogP contribution in [0.3, 0.4) is 0 Å². The van der Waals surface area contributed by atoms with Crippen LogP contribution in [0.2, 0.25) is 0 Å². The molecule has 5 aromatic rings. The van der Waals surface area contributed by atoms with Gasteiger partial charge in [0.2, 0.25) is 0 Å². The maximum absolute atomic E-state index is 14.2. The Morgan fingerprint density at radius 1 is 1.20 bits per heavy atom. The maximum atomic E-state index is 14.2. The Kier molecular flexibility index (Phi) is 7.72. The third-order valence-corrected chi connectivity index (χ3v) is 7.50. The molecule has 0 bridgehead atoms. The molecule has 10 heteroatoms. The third-order valence-electron chi connectivity index (χ3n) is 6.65. The minimum Gasteiger partial charge on any atom is -0.381 e. The number of anilines is 2. The van der Waals surface area contributed by atoms with E-state index < -0.39 is 11.9 Å². The van der Waals surface area contributed by atoms with Crippen LogP contribution >= 0.6 is 11.3 Å². The number of para-hydroxylation sites is 1. The Bertz CT molecular complexity index is 1890. The molecule has 2 aromatic carbocycles. The fourth-order valence-corrected chi connectivity index (χ4v) is 5.33. The van der Waals surface area contributed by atoms with E-state index in [1.165, 1.54) is 16.0 Å². The number of nitrogen functional groups attached to an aromatic ring is 1. The first-order valence-electron chi connectivity index (χ1n) is 12.9. The van der Waals surface area contributed by atoms with Gasteiger partial charge in [-0.3, -0.25) is 18.8 Å². The highest BCUT2D eigenvalue weighted by molar-refractivity contribution is 7.10. The van der Waals surface area contributed by atoms with Crippen LogP contribution in [0.4, 0.5) is 11.6 Å². The number of hydrogen-bond donors (Lipinski definition) is 3. The summed E-state index contributed by atoms with van der Waals surface area (Å²) in [6.45, 7) is 7.88. The van der Waals surface area contributed by atoms with Gasteiger partial charge in [-0.15, -0.1) is 17.9 Å². The summed E-state index contributed by atoms with van der Waals surface area (Å²) in [4.78, 5) is 32.8. The summed E-state index contributed by atoms with van der Waals surface area (Å²) in [5.41, 5.74) is 10.6. The van der Waals surface area contributed by atoms with E-state index in [1.807, 2.05) is 68.4 Å². The van der Waals surface area contributed by atoms with Crippen LogP contribution in [-0.4, -0.2) is 31.8 Å². The summed E-state index contributed by atoms with van der Waals surface area (Å²) in [6, 6.07) is 16.3. The molecular weight excluding hydrogens is 534 g/mol. The number of hydrogen-bond acceptors (Lipinski definition) is 7. The van der Waals surface area contributed by atoms with Crippen molar-refractivity contribution in [1.82, 2.24) is 24.6 Å². The first-order valence-corrected chi connectivity index (χ1v) is 13.8. The predicted octanol–water partition coefficient (Wildman–Crippen LogP) is 4.56. The second kappa shape index (κ2) is 11.5. The van der Waals surface area contributed by atoms with Crippen LogP contribution in [0.25, 0.3) is 16.5 Å². The number of aryl methyl sites for hydroxylation is 2. The zero-order chi connectivity index (χ0) is 29.1. The topological polar surface area (TPSA) is 120 Å². The molecule has 9 nitrogen and oxygen atoms in total. The van der Waals surface area contributed by atoms with Gasteiger partial charge in [0.05, 0.1) is 27.5 Å². The number of amides is 1. The van der Waals surface area contributed by atoms with Gasteiger partial charge < -0.3 is 16.4 Å². The van der Waals surface area contributed by atoms with Crippen LogP contribution in [0.1, 0.15) is 45.2 Å². The van der Waals surface area contributed by atoms with Gasteiger partial charge in [0, 0.05) is 30.5 Å². The van der Waals surface area contributed by atoms with Crippen molar-refractivity contribution < 1.29 is 4.79 Å². The molecule has 0 aliphatic rings.